The Morgan fingerprint density at radius 3 is 2.00 bits per heavy atom. The fourth-order valence-corrected chi connectivity index (χ4v) is 0.600. The highest BCUT2D eigenvalue weighted by atomic mass is 31.1. The van der Waals surface area contributed by atoms with Gasteiger partial charge in [-0.2, -0.15) is 0 Å². The Morgan fingerprint density at radius 2 is 2.00 bits per heavy atom. The maximum Gasteiger partial charge on any atom is 0.0470 e. The monoisotopic (exact) mass is 106 g/mol. The highest BCUT2D eigenvalue weighted by Gasteiger charge is 1.85. The summed E-state index contributed by atoms with van der Waals surface area (Å²) in [5.74, 6) is 0. The van der Waals surface area contributed by atoms with Gasteiger partial charge in [-0.1, -0.05) is 0 Å². The standard InChI is InChI=1S/C4H11OP/c1-6(2)4-3-5/h5H,3-4H2,1-2H3. The first-order chi connectivity index (χ1) is 2.77. The molecule has 0 aromatic heterocycles. The molecule has 0 atom stereocenters. The van der Waals surface area contributed by atoms with E-state index in [1.165, 1.54) is 0 Å². The van der Waals surface area contributed by atoms with Crippen molar-refractivity contribution in [2.45, 2.75) is 0 Å². The lowest BCUT2D eigenvalue weighted by molar-refractivity contribution is 0.321. The highest BCUT2D eigenvalue weighted by Crippen LogP contribution is 2.21. The van der Waals surface area contributed by atoms with Gasteiger partial charge in [0.05, 0.1) is 0 Å². The predicted octanol–water partition coefficient (Wildman–Crippen LogP) is 0.720. The van der Waals surface area contributed by atoms with Crippen LogP contribution in [0.25, 0.3) is 0 Å². The third-order valence-electron chi connectivity index (χ3n) is 0.547. The number of rotatable bonds is 2. The Balaban J connectivity index is 2.63. The van der Waals surface area contributed by atoms with Crippen molar-refractivity contribution >= 4 is 7.92 Å². The predicted molar refractivity (Wildman–Crippen MR) is 30.7 cm³/mol. The van der Waals surface area contributed by atoms with E-state index in [-0.39, 0.29) is 7.92 Å². The summed E-state index contributed by atoms with van der Waals surface area (Å²) >= 11 is 0. The van der Waals surface area contributed by atoms with Gasteiger partial charge in [0.25, 0.3) is 0 Å². The summed E-state index contributed by atoms with van der Waals surface area (Å²) in [7, 11) is 0.149. The van der Waals surface area contributed by atoms with E-state index < -0.39 is 0 Å². The van der Waals surface area contributed by atoms with Crippen LogP contribution in [0.3, 0.4) is 0 Å². The largest absolute Gasteiger partial charge is 0.396 e. The maximum atomic E-state index is 8.25. The molecular weight excluding hydrogens is 95.0 g/mol. The molecule has 0 rings (SSSR count). The molecule has 1 nitrogen and oxygen atoms in total. The molecular formula is C4H11OP. The normalized spacial score (nSPS) is 10.0. The SMILES string of the molecule is CP(C)CCO. The van der Waals surface area contributed by atoms with E-state index in [9.17, 15) is 0 Å². The minimum atomic E-state index is 0.149. The molecule has 0 aliphatic rings. The maximum absolute atomic E-state index is 8.25. The molecule has 0 aliphatic carbocycles. The molecule has 0 aromatic rings. The molecule has 0 saturated heterocycles. The second-order valence-electron chi connectivity index (χ2n) is 1.53. The van der Waals surface area contributed by atoms with Gasteiger partial charge in [0.15, 0.2) is 0 Å². The first kappa shape index (κ1) is 6.39. The lowest BCUT2D eigenvalue weighted by Gasteiger charge is -1.96. The van der Waals surface area contributed by atoms with E-state index in [2.05, 4.69) is 13.3 Å². The molecule has 0 saturated carbocycles. The lowest BCUT2D eigenvalue weighted by atomic mass is 10.9. The van der Waals surface area contributed by atoms with E-state index in [1.807, 2.05) is 0 Å². The van der Waals surface area contributed by atoms with Crippen LogP contribution >= 0.6 is 7.92 Å². The van der Waals surface area contributed by atoms with Crippen LogP contribution < -0.4 is 0 Å². The number of aliphatic hydroxyl groups is 1. The van der Waals surface area contributed by atoms with Crippen LogP contribution in [0, 0.1) is 0 Å². The first-order valence-corrected chi connectivity index (χ1v) is 4.45. The summed E-state index contributed by atoms with van der Waals surface area (Å²) in [4.78, 5) is 0. The summed E-state index contributed by atoms with van der Waals surface area (Å²) in [6.07, 6.45) is 0.995. The Bertz CT molecular complexity index is 28.7. The summed E-state index contributed by atoms with van der Waals surface area (Å²) in [6, 6.07) is 0. The molecule has 0 bridgehead atoms. The highest BCUT2D eigenvalue weighted by molar-refractivity contribution is 7.55. The zero-order valence-corrected chi connectivity index (χ0v) is 5.20. The number of hydrogen-bond donors (Lipinski definition) is 1. The molecule has 0 radical (unpaired) electrons. The Morgan fingerprint density at radius 1 is 1.50 bits per heavy atom. The molecule has 6 heavy (non-hydrogen) atoms. The summed E-state index contributed by atoms with van der Waals surface area (Å²) < 4.78 is 0. The van der Waals surface area contributed by atoms with Crippen LogP contribution in [0.4, 0.5) is 0 Å². The molecule has 1 N–H and O–H groups in total. The Labute approximate surface area is 40.1 Å². The summed E-state index contributed by atoms with van der Waals surface area (Å²) in [5.41, 5.74) is 0. The second-order valence-corrected chi connectivity index (χ2v) is 4.13. The quantitative estimate of drug-likeness (QED) is 0.514. The van der Waals surface area contributed by atoms with E-state index in [4.69, 9.17) is 5.11 Å². The van der Waals surface area contributed by atoms with Gasteiger partial charge in [0.2, 0.25) is 0 Å². The van der Waals surface area contributed by atoms with E-state index in [0.29, 0.717) is 6.61 Å². The molecule has 2 heteroatoms. The Hall–Kier alpha value is 0.390. The minimum Gasteiger partial charge on any atom is -0.396 e. The van der Waals surface area contributed by atoms with Crippen molar-refractivity contribution in [2.75, 3.05) is 26.1 Å². The van der Waals surface area contributed by atoms with Crippen LogP contribution in [0.2, 0.25) is 0 Å². The second kappa shape index (κ2) is 3.58. The van der Waals surface area contributed by atoms with Crippen molar-refractivity contribution in [2.24, 2.45) is 0 Å². The lowest BCUT2D eigenvalue weighted by Crippen LogP contribution is -1.85. The first-order valence-electron chi connectivity index (χ1n) is 2.03. The van der Waals surface area contributed by atoms with Crippen molar-refractivity contribution in [3.63, 3.8) is 0 Å². The average molecular weight is 106 g/mol. The molecule has 38 valence electrons. The average Bonchev–Trinajstić information content (AvgIpc) is 1.35. The van der Waals surface area contributed by atoms with E-state index >= 15 is 0 Å². The van der Waals surface area contributed by atoms with Crippen LogP contribution in [0.1, 0.15) is 0 Å². The van der Waals surface area contributed by atoms with Gasteiger partial charge < -0.3 is 5.11 Å². The van der Waals surface area contributed by atoms with Gasteiger partial charge in [-0.25, -0.2) is 0 Å². The molecule has 0 aromatic carbocycles. The molecule has 0 heterocycles. The van der Waals surface area contributed by atoms with Gasteiger partial charge in [-0.05, 0) is 19.5 Å². The number of aliphatic hydroxyl groups excluding tert-OH is 1. The van der Waals surface area contributed by atoms with Gasteiger partial charge in [0, 0.05) is 6.61 Å². The number of hydrogen-bond acceptors (Lipinski definition) is 1. The van der Waals surface area contributed by atoms with E-state index in [0.717, 1.165) is 6.16 Å². The van der Waals surface area contributed by atoms with Gasteiger partial charge in [-0.3, -0.25) is 0 Å². The summed E-state index contributed by atoms with van der Waals surface area (Å²) in [6.45, 7) is 4.68. The smallest absolute Gasteiger partial charge is 0.0470 e. The molecule has 0 spiro atoms. The van der Waals surface area contributed by atoms with Crippen molar-refractivity contribution in [1.29, 1.82) is 0 Å². The molecule has 0 unspecified atom stereocenters. The van der Waals surface area contributed by atoms with Crippen molar-refractivity contribution in [3.05, 3.63) is 0 Å². The van der Waals surface area contributed by atoms with Crippen LogP contribution in [-0.4, -0.2) is 31.2 Å². The van der Waals surface area contributed by atoms with Crippen LogP contribution in [0.15, 0.2) is 0 Å². The van der Waals surface area contributed by atoms with Gasteiger partial charge in [-0.15, -0.1) is 7.92 Å². The minimum absolute atomic E-state index is 0.149. The molecule has 0 amide bonds. The van der Waals surface area contributed by atoms with Crippen molar-refractivity contribution in [1.82, 2.24) is 0 Å². The van der Waals surface area contributed by atoms with Crippen LogP contribution in [-0.2, 0) is 0 Å². The summed E-state index contributed by atoms with van der Waals surface area (Å²) in [5, 5.41) is 8.25. The van der Waals surface area contributed by atoms with Crippen molar-refractivity contribution in [3.8, 4) is 0 Å². The topological polar surface area (TPSA) is 20.2 Å². The third-order valence-corrected chi connectivity index (χ3v) is 1.64. The fourth-order valence-electron chi connectivity index (χ4n) is 0.200. The Kier molecular flexibility index (Phi) is 3.81. The van der Waals surface area contributed by atoms with Gasteiger partial charge >= 0.3 is 0 Å². The molecule has 0 aliphatic heterocycles. The zero-order valence-electron chi connectivity index (χ0n) is 4.31. The van der Waals surface area contributed by atoms with Crippen molar-refractivity contribution < 1.29 is 5.11 Å². The third kappa shape index (κ3) is 4.39. The van der Waals surface area contributed by atoms with Crippen LogP contribution in [0.5, 0.6) is 0 Å². The zero-order chi connectivity index (χ0) is 4.99. The molecule has 0 fully saturated rings. The fraction of sp³-hybridized carbons (Fsp3) is 1.00. The van der Waals surface area contributed by atoms with Gasteiger partial charge in [0.1, 0.15) is 0 Å². The van der Waals surface area contributed by atoms with E-state index in [1.54, 1.807) is 0 Å².